The summed E-state index contributed by atoms with van der Waals surface area (Å²) in [4.78, 5) is 11.8. The van der Waals surface area contributed by atoms with Crippen LogP contribution in [-0.4, -0.2) is 40.0 Å². The summed E-state index contributed by atoms with van der Waals surface area (Å²) < 4.78 is 16.3. The maximum Gasteiger partial charge on any atom is 0.319 e. The number of methoxy groups -OCH3 is 2. The molecule has 118 valence electrons. The van der Waals surface area contributed by atoms with Crippen molar-refractivity contribution in [2.24, 2.45) is 0 Å². The zero-order valence-electron chi connectivity index (χ0n) is 12.5. The molecule has 0 saturated heterocycles. The largest absolute Gasteiger partial charge is 0.493 e. The van der Waals surface area contributed by atoms with Crippen LogP contribution in [0.4, 0.5) is 10.5 Å². The number of hydrogen-bond donors (Lipinski definition) is 2. The van der Waals surface area contributed by atoms with E-state index in [0.717, 1.165) is 6.42 Å². The van der Waals surface area contributed by atoms with Gasteiger partial charge in [-0.2, -0.15) is 0 Å². The third-order valence-electron chi connectivity index (χ3n) is 2.68. The normalized spacial score (nSPS) is 10.1. The van der Waals surface area contributed by atoms with Crippen LogP contribution in [0.1, 0.15) is 13.3 Å². The van der Waals surface area contributed by atoms with Crippen molar-refractivity contribution in [3.8, 4) is 11.5 Å². The lowest BCUT2D eigenvalue weighted by Crippen LogP contribution is -2.30. The Morgan fingerprint density at radius 2 is 1.90 bits per heavy atom. The Bertz CT molecular complexity index is 469. The van der Waals surface area contributed by atoms with Gasteiger partial charge in [-0.05, 0) is 29.3 Å². The van der Waals surface area contributed by atoms with Crippen LogP contribution in [0.2, 0.25) is 0 Å². The Labute approximate surface area is 133 Å². The van der Waals surface area contributed by atoms with Gasteiger partial charge in [0.2, 0.25) is 0 Å². The molecule has 0 aliphatic carbocycles. The predicted octanol–water partition coefficient (Wildman–Crippen LogP) is 3.01. The number of ether oxygens (including phenoxy) is 3. The highest BCUT2D eigenvalue weighted by atomic mass is 79.9. The zero-order chi connectivity index (χ0) is 15.7. The molecule has 0 fully saturated rings. The maximum atomic E-state index is 11.8. The number of carbonyl (C=O) groups excluding carboxylic acids is 1. The molecule has 0 spiro atoms. The number of carbonyl (C=O) groups is 1. The first-order chi connectivity index (χ1) is 10.1. The van der Waals surface area contributed by atoms with Crippen LogP contribution in [-0.2, 0) is 4.74 Å². The minimum absolute atomic E-state index is 0.278. The Balaban J connectivity index is 2.55. The molecule has 0 aromatic heterocycles. The molecule has 0 saturated carbocycles. The molecular formula is C14H21BrN2O4. The summed E-state index contributed by atoms with van der Waals surface area (Å²) in [7, 11) is 3.10. The van der Waals surface area contributed by atoms with E-state index in [-0.39, 0.29) is 6.03 Å². The van der Waals surface area contributed by atoms with Gasteiger partial charge in [0.05, 0.1) is 19.9 Å². The number of nitrogens with one attached hydrogen (secondary N) is 2. The summed E-state index contributed by atoms with van der Waals surface area (Å²) in [6.07, 6.45) is 0.772. The van der Waals surface area contributed by atoms with Crippen LogP contribution in [0.3, 0.4) is 0 Å². The molecule has 0 heterocycles. The van der Waals surface area contributed by atoms with Crippen LogP contribution in [0, 0.1) is 0 Å². The topological polar surface area (TPSA) is 68.8 Å². The second-order valence-electron chi connectivity index (χ2n) is 4.12. The Morgan fingerprint density at radius 1 is 1.24 bits per heavy atom. The van der Waals surface area contributed by atoms with Gasteiger partial charge in [-0.1, -0.05) is 0 Å². The van der Waals surface area contributed by atoms with Crippen molar-refractivity contribution < 1.29 is 19.0 Å². The van der Waals surface area contributed by atoms with Gasteiger partial charge in [-0.3, -0.25) is 0 Å². The van der Waals surface area contributed by atoms with E-state index in [4.69, 9.17) is 14.2 Å². The molecule has 0 atom stereocenters. The number of amides is 2. The molecule has 0 bridgehead atoms. The molecule has 6 nitrogen and oxygen atoms in total. The van der Waals surface area contributed by atoms with E-state index in [1.807, 2.05) is 6.92 Å². The van der Waals surface area contributed by atoms with E-state index in [0.29, 0.717) is 41.4 Å². The lowest BCUT2D eigenvalue weighted by Gasteiger charge is -2.13. The third kappa shape index (κ3) is 5.81. The molecule has 2 amide bonds. The average Bonchev–Trinajstić information content (AvgIpc) is 2.48. The first-order valence-corrected chi connectivity index (χ1v) is 7.45. The number of anilines is 1. The van der Waals surface area contributed by atoms with Gasteiger partial charge in [-0.15, -0.1) is 0 Å². The molecule has 2 N–H and O–H groups in total. The highest BCUT2D eigenvalue weighted by Gasteiger charge is 2.11. The Morgan fingerprint density at radius 3 is 2.52 bits per heavy atom. The van der Waals surface area contributed by atoms with Crippen LogP contribution in [0.5, 0.6) is 11.5 Å². The molecular weight excluding hydrogens is 340 g/mol. The molecule has 1 aromatic carbocycles. The van der Waals surface area contributed by atoms with Gasteiger partial charge in [0.25, 0.3) is 0 Å². The molecule has 7 heteroatoms. The van der Waals surface area contributed by atoms with Gasteiger partial charge in [0, 0.05) is 36.4 Å². The van der Waals surface area contributed by atoms with Crippen molar-refractivity contribution in [2.75, 3.05) is 39.3 Å². The predicted molar refractivity (Wildman–Crippen MR) is 85.4 cm³/mol. The standard InChI is InChI=1S/C14H21BrN2O4/c1-4-21-7-5-6-16-14(18)17-11-9-13(20-3)12(19-2)8-10(11)15/h8-9H,4-7H2,1-3H3,(H2,16,17,18). The van der Waals surface area contributed by atoms with Crippen LogP contribution >= 0.6 is 15.9 Å². The fourth-order valence-electron chi connectivity index (χ4n) is 1.64. The number of hydrogen-bond acceptors (Lipinski definition) is 4. The van der Waals surface area contributed by atoms with Gasteiger partial charge in [0.15, 0.2) is 11.5 Å². The smallest absolute Gasteiger partial charge is 0.319 e. The van der Waals surface area contributed by atoms with Gasteiger partial charge in [0.1, 0.15) is 0 Å². The van der Waals surface area contributed by atoms with E-state index < -0.39 is 0 Å². The molecule has 1 aromatic rings. The molecule has 0 radical (unpaired) electrons. The van der Waals surface area contributed by atoms with Crippen molar-refractivity contribution in [3.63, 3.8) is 0 Å². The van der Waals surface area contributed by atoms with Gasteiger partial charge >= 0.3 is 6.03 Å². The van der Waals surface area contributed by atoms with Crippen LogP contribution in [0.25, 0.3) is 0 Å². The van der Waals surface area contributed by atoms with Crippen molar-refractivity contribution in [2.45, 2.75) is 13.3 Å². The van der Waals surface area contributed by atoms with Crippen molar-refractivity contribution in [3.05, 3.63) is 16.6 Å². The monoisotopic (exact) mass is 360 g/mol. The second-order valence-corrected chi connectivity index (χ2v) is 4.97. The summed E-state index contributed by atoms with van der Waals surface area (Å²) >= 11 is 3.38. The van der Waals surface area contributed by atoms with Crippen LogP contribution in [0.15, 0.2) is 16.6 Å². The summed E-state index contributed by atoms with van der Waals surface area (Å²) in [6.45, 7) is 3.81. The molecule has 0 aliphatic rings. The van der Waals surface area contributed by atoms with E-state index in [9.17, 15) is 4.79 Å². The molecule has 1 rings (SSSR count). The van der Waals surface area contributed by atoms with E-state index in [2.05, 4.69) is 26.6 Å². The SMILES string of the molecule is CCOCCCNC(=O)Nc1cc(OC)c(OC)cc1Br. The minimum atomic E-state index is -0.278. The number of urea groups is 1. The Hall–Kier alpha value is -1.47. The average molecular weight is 361 g/mol. The third-order valence-corrected chi connectivity index (χ3v) is 3.33. The second kappa shape index (κ2) is 9.46. The summed E-state index contributed by atoms with van der Waals surface area (Å²) in [6, 6.07) is 3.16. The summed E-state index contributed by atoms with van der Waals surface area (Å²) in [5.74, 6) is 1.14. The molecule has 0 aliphatic heterocycles. The fraction of sp³-hybridized carbons (Fsp3) is 0.500. The number of rotatable bonds is 8. The highest BCUT2D eigenvalue weighted by molar-refractivity contribution is 9.10. The fourth-order valence-corrected chi connectivity index (χ4v) is 2.06. The first-order valence-electron chi connectivity index (χ1n) is 6.66. The quantitative estimate of drug-likeness (QED) is 0.699. The molecule has 0 unspecified atom stereocenters. The highest BCUT2D eigenvalue weighted by Crippen LogP contribution is 2.36. The van der Waals surface area contributed by atoms with Gasteiger partial charge < -0.3 is 24.8 Å². The zero-order valence-corrected chi connectivity index (χ0v) is 14.1. The summed E-state index contributed by atoms with van der Waals surface area (Å²) in [5, 5.41) is 5.51. The molecule has 21 heavy (non-hydrogen) atoms. The first kappa shape index (κ1) is 17.6. The lowest BCUT2D eigenvalue weighted by molar-refractivity contribution is 0.145. The van der Waals surface area contributed by atoms with Crippen LogP contribution < -0.4 is 20.1 Å². The van der Waals surface area contributed by atoms with Crippen molar-refractivity contribution in [1.82, 2.24) is 5.32 Å². The van der Waals surface area contributed by atoms with Crippen molar-refractivity contribution >= 4 is 27.6 Å². The number of benzene rings is 1. The van der Waals surface area contributed by atoms with E-state index >= 15 is 0 Å². The lowest BCUT2D eigenvalue weighted by atomic mass is 10.2. The van der Waals surface area contributed by atoms with Crippen molar-refractivity contribution in [1.29, 1.82) is 0 Å². The Kier molecular flexibility index (Phi) is 7.92. The van der Waals surface area contributed by atoms with Gasteiger partial charge in [-0.25, -0.2) is 4.79 Å². The van der Waals surface area contributed by atoms with E-state index in [1.165, 1.54) is 0 Å². The van der Waals surface area contributed by atoms with E-state index in [1.54, 1.807) is 26.4 Å². The number of halogens is 1. The maximum absolute atomic E-state index is 11.8. The summed E-state index contributed by atoms with van der Waals surface area (Å²) in [5.41, 5.74) is 0.606. The minimum Gasteiger partial charge on any atom is -0.493 e.